The van der Waals surface area contributed by atoms with Gasteiger partial charge in [0.05, 0.1) is 31.9 Å². The Morgan fingerprint density at radius 2 is 1.84 bits per heavy atom. The molecule has 2 heterocycles. The maximum Gasteiger partial charge on any atom is 0.319 e. The summed E-state index contributed by atoms with van der Waals surface area (Å²) in [7, 11) is -1.74. The summed E-state index contributed by atoms with van der Waals surface area (Å²) in [5, 5.41) is 13.4. The van der Waals surface area contributed by atoms with Crippen LogP contribution in [0.5, 0.6) is 0 Å². The van der Waals surface area contributed by atoms with E-state index >= 15 is 0 Å². The molecule has 10 heteroatoms. The predicted octanol–water partition coefficient (Wildman–Crippen LogP) is 5.46. The average Bonchev–Trinajstić information content (AvgIpc) is 3.33. The van der Waals surface area contributed by atoms with Gasteiger partial charge >= 0.3 is 12.0 Å². The van der Waals surface area contributed by atoms with E-state index in [9.17, 15) is 14.4 Å². The number of amides is 3. The van der Waals surface area contributed by atoms with Crippen molar-refractivity contribution in [3.8, 4) is 0 Å². The second kappa shape index (κ2) is 10.6. The highest BCUT2D eigenvalue weighted by Crippen LogP contribution is 2.56. The number of anilines is 1. The third-order valence-electron chi connectivity index (χ3n) is 8.39. The number of nitrogens with one attached hydrogen (secondary N) is 3. The second-order valence-corrected chi connectivity index (χ2v) is 17.5. The number of esters is 1. The highest BCUT2D eigenvalue weighted by Gasteiger charge is 2.54. The summed E-state index contributed by atoms with van der Waals surface area (Å²) < 4.78 is 5.47. The van der Waals surface area contributed by atoms with E-state index in [0.29, 0.717) is 25.2 Å². The standard InChI is InChI=1S/C28H41N5O4Si/c1-7-12-22(34)37-18-21(19-13-9-8-10-14-19)29-26(36)33-17-20-23(27(33,2)3)31-32-24(20)30-25(35)28(15-11-16-28)38(4,5)6/h8-10,13-14,21H,7,11-12,15-18H2,1-6H3,(H,29,36)(H2,30,31,32,35)/t21-/m1/s1. The Labute approximate surface area is 226 Å². The van der Waals surface area contributed by atoms with E-state index in [1.165, 1.54) is 0 Å². The van der Waals surface area contributed by atoms with Crippen LogP contribution in [0.3, 0.4) is 0 Å². The lowest BCUT2D eigenvalue weighted by atomic mass is 9.83. The van der Waals surface area contributed by atoms with Crippen LogP contribution in [0.25, 0.3) is 0 Å². The summed E-state index contributed by atoms with van der Waals surface area (Å²) in [6.45, 7) is 12.9. The fourth-order valence-corrected chi connectivity index (χ4v) is 8.20. The predicted molar refractivity (Wildman–Crippen MR) is 149 cm³/mol. The Morgan fingerprint density at radius 3 is 2.42 bits per heavy atom. The first kappa shape index (κ1) is 27.9. The van der Waals surface area contributed by atoms with Gasteiger partial charge in [-0.15, -0.1) is 0 Å². The number of hydrogen-bond donors (Lipinski definition) is 3. The van der Waals surface area contributed by atoms with Gasteiger partial charge in [-0.05, 0) is 38.7 Å². The minimum Gasteiger partial charge on any atom is -0.463 e. The molecule has 1 aliphatic heterocycles. The lowest BCUT2D eigenvalue weighted by molar-refractivity contribution is -0.144. The Balaban J connectivity index is 1.50. The Bertz CT molecular complexity index is 1180. The van der Waals surface area contributed by atoms with Gasteiger partial charge in [0.15, 0.2) is 5.82 Å². The second-order valence-electron chi connectivity index (χ2n) is 12.1. The van der Waals surface area contributed by atoms with Gasteiger partial charge in [0.2, 0.25) is 5.91 Å². The zero-order valence-corrected chi connectivity index (χ0v) is 24.4. The van der Waals surface area contributed by atoms with E-state index < -0.39 is 19.7 Å². The van der Waals surface area contributed by atoms with Gasteiger partial charge in [0.1, 0.15) is 6.61 Å². The number of rotatable bonds is 9. The maximum atomic E-state index is 13.6. The van der Waals surface area contributed by atoms with E-state index in [4.69, 9.17) is 4.74 Å². The maximum absolute atomic E-state index is 13.6. The van der Waals surface area contributed by atoms with Crippen LogP contribution >= 0.6 is 0 Å². The summed E-state index contributed by atoms with van der Waals surface area (Å²) in [6, 6.07) is 8.72. The van der Waals surface area contributed by atoms with E-state index in [-0.39, 0.29) is 29.6 Å². The molecule has 1 aliphatic carbocycles. The zero-order chi connectivity index (χ0) is 27.7. The lowest BCUT2D eigenvalue weighted by Gasteiger charge is -2.48. The molecular formula is C28H41N5O4Si. The third-order valence-corrected chi connectivity index (χ3v) is 12.0. The molecule has 38 heavy (non-hydrogen) atoms. The molecule has 0 spiro atoms. The minimum absolute atomic E-state index is 0.0514. The molecule has 1 aromatic heterocycles. The van der Waals surface area contributed by atoms with E-state index in [2.05, 4.69) is 40.5 Å². The minimum atomic E-state index is -1.74. The van der Waals surface area contributed by atoms with Crippen LogP contribution in [0.1, 0.15) is 75.7 Å². The van der Waals surface area contributed by atoms with Gasteiger partial charge in [-0.1, -0.05) is 63.3 Å². The number of ether oxygens (including phenoxy) is 1. The topological polar surface area (TPSA) is 116 Å². The summed E-state index contributed by atoms with van der Waals surface area (Å²) in [6.07, 6.45) is 3.96. The number of hydrogen-bond acceptors (Lipinski definition) is 5. The van der Waals surface area contributed by atoms with Gasteiger partial charge in [-0.25, -0.2) is 4.79 Å². The number of urea groups is 1. The Kier molecular flexibility index (Phi) is 7.74. The van der Waals surface area contributed by atoms with E-state index in [1.807, 2.05) is 51.1 Å². The molecule has 0 unspecified atom stereocenters. The molecule has 3 N–H and O–H groups in total. The Morgan fingerprint density at radius 1 is 1.16 bits per heavy atom. The van der Waals surface area contributed by atoms with Crippen LogP contribution < -0.4 is 10.6 Å². The summed E-state index contributed by atoms with van der Waals surface area (Å²) in [5.41, 5.74) is 1.81. The first-order chi connectivity index (χ1) is 17.9. The number of carbonyl (C=O) groups excluding carboxylic acids is 3. The van der Waals surface area contributed by atoms with Gasteiger partial charge in [-0.3, -0.25) is 14.7 Å². The van der Waals surface area contributed by atoms with Crippen LogP contribution in [0, 0.1) is 0 Å². The Hall–Kier alpha value is -3.14. The highest BCUT2D eigenvalue weighted by molar-refractivity contribution is 6.83. The molecule has 2 aromatic rings. The summed E-state index contributed by atoms with van der Waals surface area (Å²) >= 11 is 0. The molecule has 1 fully saturated rings. The third kappa shape index (κ3) is 5.10. The normalized spacial score (nSPS) is 18.2. The van der Waals surface area contributed by atoms with Crippen LogP contribution in [-0.2, 0) is 26.4 Å². The van der Waals surface area contributed by atoms with Gasteiger partial charge in [-0.2, -0.15) is 5.10 Å². The van der Waals surface area contributed by atoms with Gasteiger partial charge in [0.25, 0.3) is 0 Å². The molecule has 3 amide bonds. The lowest BCUT2D eigenvalue weighted by Crippen LogP contribution is -2.52. The van der Waals surface area contributed by atoms with Crippen molar-refractivity contribution in [3.05, 3.63) is 47.2 Å². The molecule has 206 valence electrons. The number of carbonyl (C=O) groups is 3. The van der Waals surface area contributed by atoms with Gasteiger partial charge in [0, 0.05) is 17.0 Å². The molecule has 0 bridgehead atoms. The van der Waals surface area contributed by atoms with Crippen molar-refractivity contribution in [2.45, 2.75) is 95.7 Å². The van der Waals surface area contributed by atoms with Crippen LogP contribution in [0.2, 0.25) is 24.7 Å². The molecule has 1 aromatic carbocycles. The molecule has 9 nitrogen and oxygen atoms in total. The largest absolute Gasteiger partial charge is 0.463 e. The number of aromatic nitrogens is 2. The quantitative estimate of drug-likeness (QED) is 0.289. The molecule has 1 atom stereocenters. The van der Waals surface area contributed by atoms with Crippen molar-refractivity contribution in [1.82, 2.24) is 20.4 Å². The smallest absolute Gasteiger partial charge is 0.319 e. The fraction of sp³-hybridized carbons (Fsp3) is 0.571. The highest BCUT2D eigenvalue weighted by atomic mass is 28.3. The number of aromatic amines is 1. The zero-order valence-electron chi connectivity index (χ0n) is 23.4. The molecule has 0 radical (unpaired) electrons. The van der Waals surface area contributed by atoms with Gasteiger partial charge < -0.3 is 20.3 Å². The summed E-state index contributed by atoms with van der Waals surface area (Å²) in [5.74, 6) is 0.273. The van der Waals surface area contributed by atoms with E-state index in [0.717, 1.165) is 36.1 Å². The molecule has 4 rings (SSSR count). The SMILES string of the molecule is CCCC(=O)OC[C@@H](NC(=O)N1Cc2c(NC(=O)C3([Si](C)(C)C)CCC3)n[nH]c2C1(C)C)c1ccccc1. The van der Waals surface area contributed by atoms with Crippen molar-refractivity contribution in [2.24, 2.45) is 0 Å². The van der Waals surface area contributed by atoms with Crippen LogP contribution in [0.4, 0.5) is 10.6 Å². The first-order valence-corrected chi connectivity index (χ1v) is 17.1. The number of nitrogens with zero attached hydrogens (tertiary/aromatic N) is 2. The first-order valence-electron chi connectivity index (χ1n) is 13.6. The van der Waals surface area contributed by atoms with E-state index in [1.54, 1.807) is 4.90 Å². The average molecular weight is 540 g/mol. The van der Waals surface area contributed by atoms with Crippen molar-refractivity contribution >= 4 is 31.8 Å². The van der Waals surface area contributed by atoms with Crippen molar-refractivity contribution in [3.63, 3.8) is 0 Å². The molecular weight excluding hydrogens is 498 g/mol. The number of H-pyrrole nitrogens is 1. The van der Waals surface area contributed by atoms with Crippen molar-refractivity contribution in [1.29, 1.82) is 0 Å². The number of fused-ring (bicyclic) bond motifs is 1. The molecule has 2 aliphatic rings. The van der Waals surface area contributed by atoms with Crippen LogP contribution in [0.15, 0.2) is 30.3 Å². The van der Waals surface area contributed by atoms with Crippen molar-refractivity contribution in [2.75, 3.05) is 11.9 Å². The summed E-state index contributed by atoms with van der Waals surface area (Å²) in [4.78, 5) is 40.8. The number of benzene rings is 1. The molecule has 1 saturated carbocycles. The van der Waals surface area contributed by atoms with Crippen molar-refractivity contribution < 1.29 is 19.1 Å². The fourth-order valence-electron chi connectivity index (χ4n) is 5.61. The monoisotopic (exact) mass is 539 g/mol. The van der Waals surface area contributed by atoms with Crippen LogP contribution in [-0.4, -0.2) is 47.7 Å². The molecule has 0 saturated heterocycles.